The number of aromatic nitrogens is 2. The number of ether oxygens (including phenoxy) is 1. The van der Waals surface area contributed by atoms with Gasteiger partial charge in [0.25, 0.3) is 0 Å². The van der Waals surface area contributed by atoms with Gasteiger partial charge in [0.2, 0.25) is 10.0 Å². The number of rotatable bonds is 5. The van der Waals surface area contributed by atoms with Gasteiger partial charge < -0.3 is 4.74 Å². The Morgan fingerprint density at radius 3 is 2.38 bits per heavy atom. The molecule has 0 atom stereocenters. The third-order valence-electron chi connectivity index (χ3n) is 4.70. The standard InChI is InChI=1S/C22H16F3N3O3S/c1-26-32(29,30)17-8-9-21(31-16-6-4-15(5-7-16)22(23,24)25)18(12-17)14-11-20-19(28-13-14)3-2-10-27-20/h2-13,26H,1H3. The zero-order chi connectivity index (χ0) is 22.9. The summed E-state index contributed by atoms with van der Waals surface area (Å²) in [7, 11) is -2.45. The van der Waals surface area contributed by atoms with Gasteiger partial charge in [0.15, 0.2) is 0 Å². The quantitative estimate of drug-likeness (QED) is 0.454. The second-order valence-corrected chi connectivity index (χ2v) is 8.64. The number of sulfonamides is 1. The molecule has 2 aromatic heterocycles. The van der Waals surface area contributed by atoms with E-state index in [0.717, 1.165) is 12.1 Å². The molecule has 6 nitrogen and oxygen atoms in total. The minimum absolute atomic E-state index is 0.00381. The molecular formula is C22H16F3N3O3S. The lowest BCUT2D eigenvalue weighted by Crippen LogP contribution is -2.18. The van der Waals surface area contributed by atoms with E-state index in [1.165, 1.54) is 37.4 Å². The number of nitrogens with one attached hydrogen (secondary N) is 1. The van der Waals surface area contributed by atoms with Crippen molar-refractivity contribution in [1.82, 2.24) is 14.7 Å². The van der Waals surface area contributed by atoms with Gasteiger partial charge in [-0.1, -0.05) is 0 Å². The molecule has 0 bridgehead atoms. The fraction of sp³-hybridized carbons (Fsp3) is 0.0909. The van der Waals surface area contributed by atoms with Crippen molar-refractivity contribution < 1.29 is 26.3 Å². The summed E-state index contributed by atoms with van der Waals surface area (Å²) in [4.78, 5) is 8.61. The summed E-state index contributed by atoms with van der Waals surface area (Å²) in [5.74, 6) is 0.409. The molecule has 2 heterocycles. The Morgan fingerprint density at radius 1 is 0.938 bits per heavy atom. The summed E-state index contributed by atoms with van der Waals surface area (Å²) in [5, 5.41) is 0. The van der Waals surface area contributed by atoms with Gasteiger partial charge in [-0.15, -0.1) is 0 Å². The lowest BCUT2D eigenvalue weighted by molar-refractivity contribution is -0.137. The van der Waals surface area contributed by atoms with Crippen LogP contribution in [0.5, 0.6) is 11.5 Å². The van der Waals surface area contributed by atoms with Gasteiger partial charge in [0.1, 0.15) is 11.5 Å². The average Bonchev–Trinajstić information content (AvgIpc) is 2.78. The van der Waals surface area contributed by atoms with Gasteiger partial charge in [-0.3, -0.25) is 9.97 Å². The topological polar surface area (TPSA) is 81.2 Å². The fourth-order valence-electron chi connectivity index (χ4n) is 3.05. The van der Waals surface area contributed by atoms with E-state index >= 15 is 0 Å². The zero-order valence-electron chi connectivity index (χ0n) is 16.6. The van der Waals surface area contributed by atoms with E-state index in [-0.39, 0.29) is 16.4 Å². The molecule has 0 aliphatic heterocycles. The van der Waals surface area contributed by atoms with Crippen molar-refractivity contribution in [3.8, 4) is 22.6 Å². The van der Waals surface area contributed by atoms with Crippen LogP contribution in [0.1, 0.15) is 5.56 Å². The van der Waals surface area contributed by atoms with Crippen LogP contribution in [-0.2, 0) is 16.2 Å². The number of alkyl halides is 3. The second-order valence-electron chi connectivity index (χ2n) is 6.76. The predicted molar refractivity (Wildman–Crippen MR) is 113 cm³/mol. The Balaban J connectivity index is 1.81. The number of halogens is 3. The van der Waals surface area contributed by atoms with E-state index in [1.807, 2.05) is 0 Å². The van der Waals surface area contributed by atoms with Crippen LogP contribution in [-0.4, -0.2) is 25.4 Å². The Bertz CT molecular complexity index is 1390. The van der Waals surface area contributed by atoms with Crippen LogP contribution in [0, 0.1) is 0 Å². The van der Waals surface area contributed by atoms with Crippen LogP contribution in [0.2, 0.25) is 0 Å². The molecule has 0 aliphatic carbocycles. The van der Waals surface area contributed by atoms with Gasteiger partial charge in [-0.25, -0.2) is 13.1 Å². The lowest BCUT2D eigenvalue weighted by atomic mass is 10.1. The van der Waals surface area contributed by atoms with Crippen molar-refractivity contribution in [2.45, 2.75) is 11.1 Å². The summed E-state index contributed by atoms with van der Waals surface area (Å²) in [6.07, 6.45) is -1.30. The number of fused-ring (bicyclic) bond motifs is 1. The average molecular weight is 459 g/mol. The SMILES string of the molecule is CNS(=O)(=O)c1ccc(Oc2ccc(C(F)(F)F)cc2)c(-c2cnc3cccnc3c2)c1. The molecule has 0 radical (unpaired) electrons. The Morgan fingerprint density at radius 2 is 1.69 bits per heavy atom. The van der Waals surface area contributed by atoms with Crippen molar-refractivity contribution >= 4 is 21.1 Å². The summed E-state index contributed by atoms with van der Waals surface area (Å²) in [6.45, 7) is 0. The van der Waals surface area contributed by atoms with Crippen LogP contribution < -0.4 is 9.46 Å². The smallest absolute Gasteiger partial charge is 0.416 e. The number of pyridine rings is 2. The third-order valence-corrected chi connectivity index (χ3v) is 6.11. The van der Waals surface area contributed by atoms with Gasteiger partial charge in [-0.05, 0) is 67.7 Å². The first-order chi connectivity index (χ1) is 15.2. The molecule has 4 aromatic rings. The van der Waals surface area contributed by atoms with Gasteiger partial charge in [-0.2, -0.15) is 13.2 Å². The van der Waals surface area contributed by atoms with Crippen molar-refractivity contribution in [2.75, 3.05) is 7.05 Å². The van der Waals surface area contributed by atoms with Crippen molar-refractivity contribution in [1.29, 1.82) is 0 Å². The van der Waals surface area contributed by atoms with Crippen molar-refractivity contribution in [3.63, 3.8) is 0 Å². The van der Waals surface area contributed by atoms with Gasteiger partial charge in [0.05, 0.1) is 21.5 Å². The van der Waals surface area contributed by atoms with E-state index in [4.69, 9.17) is 4.74 Å². The minimum atomic E-state index is -4.46. The molecule has 32 heavy (non-hydrogen) atoms. The number of nitrogens with zero attached hydrogens (tertiary/aromatic N) is 2. The van der Waals surface area contributed by atoms with Crippen LogP contribution in [0.25, 0.3) is 22.2 Å². The molecular weight excluding hydrogens is 443 g/mol. The summed E-state index contributed by atoms with van der Waals surface area (Å²) in [6, 6.07) is 13.7. The largest absolute Gasteiger partial charge is 0.457 e. The second kappa shape index (κ2) is 8.21. The molecule has 4 rings (SSSR count). The number of hydrogen-bond acceptors (Lipinski definition) is 5. The first-order valence-electron chi connectivity index (χ1n) is 9.31. The van der Waals surface area contributed by atoms with Crippen molar-refractivity contribution in [2.24, 2.45) is 0 Å². The highest BCUT2D eigenvalue weighted by Crippen LogP contribution is 2.37. The maximum atomic E-state index is 12.8. The normalized spacial score (nSPS) is 12.1. The molecule has 10 heteroatoms. The molecule has 0 spiro atoms. The first kappa shape index (κ1) is 21.7. The molecule has 0 aliphatic rings. The Kier molecular flexibility index (Phi) is 5.57. The zero-order valence-corrected chi connectivity index (χ0v) is 17.4. The Hall–Kier alpha value is -3.50. The molecule has 0 saturated carbocycles. The lowest BCUT2D eigenvalue weighted by Gasteiger charge is -2.14. The van der Waals surface area contributed by atoms with Gasteiger partial charge in [0, 0.05) is 23.5 Å². The number of benzene rings is 2. The molecule has 0 saturated heterocycles. The summed E-state index contributed by atoms with van der Waals surface area (Å²) in [5.41, 5.74) is 1.37. The maximum Gasteiger partial charge on any atom is 0.416 e. The third kappa shape index (κ3) is 4.41. The van der Waals surface area contributed by atoms with E-state index in [1.54, 1.807) is 30.6 Å². The molecule has 0 fully saturated rings. The summed E-state index contributed by atoms with van der Waals surface area (Å²) >= 11 is 0. The molecule has 2 aromatic carbocycles. The first-order valence-corrected chi connectivity index (χ1v) is 10.8. The van der Waals surface area contributed by atoms with Crippen LogP contribution in [0.3, 0.4) is 0 Å². The highest BCUT2D eigenvalue weighted by Gasteiger charge is 2.30. The van der Waals surface area contributed by atoms with Crippen LogP contribution >= 0.6 is 0 Å². The van der Waals surface area contributed by atoms with Crippen LogP contribution in [0.4, 0.5) is 13.2 Å². The molecule has 1 N–H and O–H groups in total. The Labute approximate surface area is 181 Å². The molecule has 0 unspecified atom stereocenters. The molecule has 164 valence electrons. The van der Waals surface area contributed by atoms with E-state index in [9.17, 15) is 21.6 Å². The van der Waals surface area contributed by atoms with E-state index in [0.29, 0.717) is 22.2 Å². The predicted octanol–water partition coefficient (Wildman–Crippen LogP) is 5.02. The van der Waals surface area contributed by atoms with E-state index in [2.05, 4.69) is 14.7 Å². The highest BCUT2D eigenvalue weighted by molar-refractivity contribution is 7.89. The molecule has 0 amide bonds. The minimum Gasteiger partial charge on any atom is -0.457 e. The number of hydrogen-bond donors (Lipinski definition) is 1. The van der Waals surface area contributed by atoms with Crippen molar-refractivity contribution in [3.05, 3.63) is 78.6 Å². The fourth-order valence-corrected chi connectivity index (χ4v) is 3.80. The van der Waals surface area contributed by atoms with Crippen LogP contribution in [0.15, 0.2) is 78.0 Å². The monoisotopic (exact) mass is 459 g/mol. The van der Waals surface area contributed by atoms with Gasteiger partial charge >= 0.3 is 6.18 Å². The summed E-state index contributed by atoms with van der Waals surface area (Å²) < 4.78 is 71.2. The maximum absolute atomic E-state index is 12.8. The van der Waals surface area contributed by atoms with E-state index < -0.39 is 21.8 Å². The highest BCUT2D eigenvalue weighted by atomic mass is 32.2.